The number of benzene rings is 1. The van der Waals surface area contributed by atoms with Crippen LogP contribution in [-0.4, -0.2) is 22.7 Å². The van der Waals surface area contributed by atoms with Gasteiger partial charge in [-0.3, -0.25) is 4.79 Å². The van der Waals surface area contributed by atoms with E-state index in [9.17, 15) is 9.59 Å². The summed E-state index contributed by atoms with van der Waals surface area (Å²) in [6.07, 6.45) is 1.56. The highest BCUT2D eigenvalue weighted by Gasteiger charge is 2.12. The van der Waals surface area contributed by atoms with Crippen molar-refractivity contribution in [2.45, 2.75) is 17.9 Å². The summed E-state index contributed by atoms with van der Waals surface area (Å²) < 4.78 is 5.21. The molecule has 0 saturated carbocycles. The number of hydrogen-bond donors (Lipinski definition) is 2. The minimum Gasteiger partial charge on any atom is -0.478 e. The zero-order valence-corrected chi connectivity index (χ0v) is 12.2. The number of rotatable bonds is 6. The van der Waals surface area contributed by atoms with Crippen LogP contribution < -0.4 is 5.32 Å². The molecule has 1 aromatic carbocycles. The second kappa shape index (κ2) is 6.99. The summed E-state index contributed by atoms with van der Waals surface area (Å²) >= 11 is 1.29. The lowest BCUT2D eigenvalue weighted by Gasteiger charge is -2.11. The topological polar surface area (TPSA) is 79.5 Å². The monoisotopic (exact) mass is 305 g/mol. The zero-order chi connectivity index (χ0) is 15.2. The number of aromatic carboxylic acids is 1. The van der Waals surface area contributed by atoms with Crippen LogP contribution in [0.4, 0.5) is 0 Å². The Morgan fingerprint density at radius 1 is 1.33 bits per heavy atom. The fourth-order valence-electron chi connectivity index (χ4n) is 1.76. The highest BCUT2D eigenvalue weighted by Crippen LogP contribution is 2.19. The van der Waals surface area contributed by atoms with Crippen LogP contribution in [0.25, 0.3) is 0 Å². The van der Waals surface area contributed by atoms with E-state index in [4.69, 9.17) is 9.52 Å². The molecule has 0 fully saturated rings. The van der Waals surface area contributed by atoms with Crippen LogP contribution in [0, 0.1) is 0 Å². The number of carboxylic acid groups (broad SMARTS) is 1. The maximum atomic E-state index is 11.9. The van der Waals surface area contributed by atoms with Gasteiger partial charge in [-0.15, -0.1) is 11.8 Å². The van der Waals surface area contributed by atoms with E-state index < -0.39 is 5.97 Å². The molecular weight excluding hydrogens is 290 g/mol. The third-order valence-corrected chi connectivity index (χ3v) is 3.79. The van der Waals surface area contributed by atoms with Crippen LogP contribution in [0.2, 0.25) is 0 Å². The minimum atomic E-state index is -0.978. The Hall–Kier alpha value is -2.21. The standard InChI is InChI=1S/C15H15NO4S/c1-10(13-6-3-7-20-13)16-14(17)9-21-12-5-2-4-11(8-12)15(18)19/h2-8,10H,9H2,1H3,(H,16,17)(H,18,19). The van der Waals surface area contributed by atoms with Gasteiger partial charge in [0, 0.05) is 4.90 Å². The molecule has 0 saturated heterocycles. The number of amides is 1. The predicted octanol–water partition coefficient (Wildman–Crippen LogP) is 2.95. The predicted molar refractivity (Wildman–Crippen MR) is 79.4 cm³/mol. The first-order chi connectivity index (χ1) is 10.1. The van der Waals surface area contributed by atoms with Crippen LogP contribution in [0.3, 0.4) is 0 Å². The van der Waals surface area contributed by atoms with Crippen molar-refractivity contribution in [1.29, 1.82) is 0 Å². The molecule has 1 amide bonds. The molecule has 0 aliphatic heterocycles. The van der Waals surface area contributed by atoms with Crippen molar-refractivity contribution in [3.63, 3.8) is 0 Å². The molecule has 2 aromatic rings. The normalized spacial score (nSPS) is 11.9. The first-order valence-corrected chi connectivity index (χ1v) is 7.34. The molecule has 0 aliphatic rings. The Labute approximate surface area is 126 Å². The van der Waals surface area contributed by atoms with Crippen molar-refractivity contribution in [1.82, 2.24) is 5.32 Å². The van der Waals surface area contributed by atoms with E-state index in [0.29, 0.717) is 5.76 Å². The van der Waals surface area contributed by atoms with Gasteiger partial charge in [-0.25, -0.2) is 4.79 Å². The Morgan fingerprint density at radius 2 is 2.14 bits per heavy atom. The van der Waals surface area contributed by atoms with E-state index in [0.717, 1.165) is 4.90 Å². The summed E-state index contributed by atoms with van der Waals surface area (Å²) in [6.45, 7) is 1.84. The van der Waals surface area contributed by atoms with Crippen molar-refractivity contribution in [2.24, 2.45) is 0 Å². The van der Waals surface area contributed by atoms with Crippen molar-refractivity contribution in [3.8, 4) is 0 Å². The van der Waals surface area contributed by atoms with E-state index in [1.54, 1.807) is 36.6 Å². The van der Waals surface area contributed by atoms with Crippen LogP contribution in [-0.2, 0) is 4.79 Å². The number of furan rings is 1. The lowest BCUT2D eigenvalue weighted by atomic mass is 10.2. The first-order valence-electron chi connectivity index (χ1n) is 6.35. The Bertz CT molecular complexity index is 624. The Kier molecular flexibility index (Phi) is 5.05. The molecule has 0 radical (unpaired) electrons. The second-order valence-corrected chi connectivity index (χ2v) is 5.48. The van der Waals surface area contributed by atoms with Gasteiger partial charge >= 0.3 is 5.97 Å². The van der Waals surface area contributed by atoms with Crippen LogP contribution in [0.5, 0.6) is 0 Å². The van der Waals surface area contributed by atoms with Gasteiger partial charge in [0.25, 0.3) is 0 Å². The molecule has 1 heterocycles. The summed E-state index contributed by atoms with van der Waals surface area (Å²) in [5.74, 6) is -0.201. The average molecular weight is 305 g/mol. The van der Waals surface area contributed by atoms with Gasteiger partial charge in [-0.2, -0.15) is 0 Å². The van der Waals surface area contributed by atoms with E-state index in [1.807, 2.05) is 6.92 Å². The van der Waals surface area contributed by atoms with Crippen molar-refractivity contribution in [2.75, 3.05) is 5.75 Å². The van der Waals surface area contributed by atoms with Gasteiger partial charge in [0.2, 0.25) is 5.91 Å². The van der Waals surface area contributed by atoms with Gasteiger partial charge < -0.3 is 14.8 Å². The fourth-order valence-corrected chi connectivity index (χ4v) is 2.53. The Morgan fingerprint density at radius 3 is 2.81 bits per heavy atom. The summed E-state index contributed by atoms with van der Waals surface area (Å²) in [5.41, 5.74) is 0.212. The van der Waals surface area contributed by atoms with Crippen molar-refractivity contribution >= 4 is 23.6 Å². The summed E-state index contributed by atoms with van der Waals surface area (Å²) in [6, 6.07) is 9.88. The molecule has 0 spiro atoms. The summed E-state index contributed by atoms with van der Waals surface area (Å²) in [4.78, 5) is 23.5. The average Bonchev–Trinajstić information content (AvgIpc) is 2.99. The number of carboxylic acids is 1. The summed E-state index contributed by atoms with van der Waals surface area (Å²) in [7, 11) is 0. The van der Waals surface area contributed by atoms with Gasteiger partial charge in [0.15, 0.2) is 0 Å². The highest BCUT2D eigenvalue weighted by atomic mass is 32.2. The molecule has 0 bridgehead atoms. The molecule has 110 valence electrons. The highest BCUT2D eigenvalue weighted by molar-refractivity contribution is 8.00. The number of carbonyl (C=O) groups excluding carboxylic acids is 1. The quantitative estimate of drug-likeness (QED) is 0.802. The molecule has 5 nitrogen and oxygen atoms in total. The third kappa shape index (κ3) is 4.39. The lowest BCUT2D eigenvalue weighted by Crippen LogP contribution is -2.27. The minimum absolute atomic E-state index is 0.135. The Balaban J connectivity index is 1.86. The molecule has 6 heteroatoms. The molecule has 2 N–H and O–H groups in total. The first kappa shape index (κ1) is 15.2. The van der Waals surface area contributed by atoms with Gasteiger partial charge in [-0.05, 0) is 37.3 Å². The molecule has 2 rings (SSSR count). The van der Waals surface area contributed by atoms with Crippen LogP contribution >= 0.6 is 11.8 Å². The third-order valence-electron chi connectivity index (χ3n) is 2.80. The van der Waals surface area contributed by atoms with Gasteiger partial charge in [-0.1, -0.05) is 6.07 Å². The van der Waals surface area contributed by atoms with Crippen LogP contribution in [0.15, 0.2) is 52.0 Å². The summed E-state index contributed by atoms with van der Waals surface area (Å²) in [5, 5.41) is 11.7. The van der Waals surface area contributed by atoms with Crippen molar-refractivity contribution < 1.29 is 19.1 Å². The van der Waals surface area contributed by atoms with E-state index >= 15 is 0 Å². The van der Waals surface area contributed by atoms with E-state index in [2.05, 4.69) is 5.32 Å². The van der Waals surface area contributed by atoms with E-state index in [1.165, 1.54) is 17.8 Å². The molecule has 1 atom stereocenters. The maximum absolute atomic E-state index is 11.9. The van der Waals surface area contributed by atoms with Crippen LogP contribution in [0.1, 0.15) is 29.1 Å². The molecule has 0 aliphatic carbocycles. The molecule has 21 heavy (non-hydrogen) atoms. The largest absolute Gasteiger partial charge is 0.478 e. The molecule has 1 unspecified atom stereocenters. The number of carbonyl (C=O) groups is 2. The smallest absolute Gasteiger partial charge is 0.335 e. The fraction of sp³-hybridized carbons (Fsp3) is 0.200. The molecule has 1 aromatic heterocycles. The van der Waals surface area contributed by atoms with Crippen molar-refractivity contribution in [3.05, 3.63) is 54.0 Å². The molecular formula is C15H15NO4S. The van der Waals surface area contributed by atoms with Gasteiger partial charge in [0.1, 0.15) is 5.76 Å². The zero-order valence-electron chi connectivity index (χ0n) is 11.4. The number of hydrogen-bond acceptors (Lipinski definition) is 4. The number of nitrogens with one attached hydrogen (secondary N) is 1. The number of thioether (sulfide) groups is 1. The SMILES string of the molecule is CC(NC(=O)CSc1cccc(C(=O)O)c1)c1ccco1. The van der Waals surface area contributed by atoms with Gasteiger partial charge in [0.05, 0.1) is 23.6 Å². The maximum Gasteiger partial charge on any atom is 0.335 e. The lowest BCUT2D eigenvalue weighted by molar-refractivity contribution is -0.119. The second-order valence-electron chi connectivity index (χ2n) is 4.43. The van der Waals surface area contributed by atoms with E-state index in [-0.39, 0.29) is 23.3 Å².